The quantitative estimate of drug-likeness (QED) is 0.834. The van der Waals surface area contributed by atoms with Crippen LogP contribution in [0.2, 0.25) is 0 Å². The van der Waals surface area contributed by atoms with Gasteiger partial charge in [0.2, 0.25) is 5.91 Å². The highest BCUT2D eigenvalue weighted by molar-refractivity contribution is 5.92. The normalized spacial score (nSPS) is 14.9. The van der Waals surface area contributed by atoms with Crippen LogP contribution in [-0.2, 0) is 4.79 Å². The van der Waals surface area contributed by atoms with Gasteiger partial charge in [0.25, 0.3) is 0 Å². The molecule has 0 unspecified atom stereocenters. The molecule has 1 aliphatic carbocycles. The molecule has 0 saturated heterocycles. The Morgan fingerprint density at radius 3 is 2.44 bits per heavy atom. The lowest BCUT2D eigenvalue weighted by molar-refractivity contribution is -0.119. The lowest BCUT2D eigenvalue weighted by Crippen LogP contribution is -2.20. The first-order chi connectivity index (χ1) is 8.66. The van der Waals surface area contributed by atoms with Crippen LogP contribution in [0.25, 0.3) is 0 Å². The Bertz CT molecular complexity index is 397. The molecule has 0 aliphatic heterocycles. The highest BCUT2D eigenvalue weighted by Gasteiger charge is 2.22. The second-order valence-corrected chi connectivity index (χ2v) is 4.43. The van der Waals surface area contributed by atoms with E-state index in [0.29, 0.717) is 11.3 Å². The van der Waals surface area contributed by atoms with Gasteiger partial charge in [-0.2, -0.15) is 0 Å². The lowest BCUT2D eigenvalue weighted by atomic mass is 10.1. The van der Waals surface area contributed by atoms with Crippen molar-refractivity contribution in [3.8, 4) is 0 Å². The predicted molar refractivity (Wildman–Crippen MR) is 73.1 cm³/mol. The zero-order valence-corrected chi connectivity index (χ0v) is 11.4. The summed E-state index contributed by atoms with van der Waals surface area (Å²) in [4.78, 5) is 11.8. The molecule has 3 heteroatoms. The summed E-state index contributed by atoms with van der Waals surface area (Å²) >= 11 is 0. The molecular formula is C15H22FNO. The van der Waals surface area contributed by atoms with E-state index in [-0.39, 0.29) is 17.6 Å². The van der Waals surface area contributed by atoms with Gasteiger partial charge in [0.1, 0.15) is 5.82 Å². The first kappa shape index (κ1) is 14.7. The van der Waals surface area contributed by atoms with Crippen molar-refractivity contribution in [1.82, 2.24) is 0 Å². The van der Waals surface area contributed by atoms with Crippen molar-refractivity contribution in [3.63, 3.8) is 0 Å². The average molecular weight is 251 g/mol. The molecule has 2 nitrogen and oxygen atoms in total. The summed E-state index contributed by atoms with van der Waals surface area (Å²) < 4.78 is 13.3. The molecule has 1 amide bonds. The monoisotopic (exact) mass is 251 g/mol. The fourth-order valence-corrected chi connectivity index (χ4v) is 2.10. The Morgan fingerprint density at radius 1 is 1.28 bits per heavy atom. The standard InChI is InChI=1S/C13H16FNO.C2H6/c1-9-6-7-11(8-12(9)14)15-13(16)10-4-2-3-5-10;1-2/h6-8,10H,2-5H2,1H3,(H,15,16);1-2H3. The smallest absolute Gasteiger partial charge is 0.227 e. The van der Waals surface area contributed by atoms with Crippen LogP contribution in [0, 0.1) is 18.7 Å². The maximum Gasteiger partial charge on any atom is 0.227 e. The number of amides is 1. The maximum absolute atomic E-state index is 13.3. The van der Waals surface area contributed by atoms with Crippen molar-refractivity contribution in [2.75, 3.05) is 5.32 Å². The van der Waals surface area contributed by atoms with Gasteiger partial charge in [0, 0.05) is 11.6 Å². The van der Waals surface area contributed by atoms with E-state index >= 15 is 0 Å². The molecule has 0 aromatic heterocycles. The van der Waals surface area contributed by atoms with Crippen LogP contribution in [0.1, 0.15) is 45.1 Å². The molecule has 18 heavy (non-hydrogen) atoms. The number of carbonyl (C=O) groups excluding carboxylic acids is 1. The summed E-state index contributed by atoms with van der Waals surface area (Å²) in [6.45, 7) is 5.71. The highest BCUT2D eigenvalue weighted by atomic mass is 19.1. The molecule has 1 saturated carbocycles. The van der Waals surface area contributed by atoms with Crippen LogP contribution in [0.5, 0.6) is 0 Å². The van der Waals surface area contributed by atoms with E-state index in [2.05, 4.69) is 5.32 Å². The third kappa shape index (κ3) is 3.83. The third-order valence-electron chi connectivity index (χ3n) is 3.17. The number of halogens is 1. The topological polar surface area (TPSA) is 29.1 Å². The van der Waals surface area contributed by atoms with Gasteiger partial charge >= 0.3 is 0 Å². The Labute approximate surface area is 109 Å². The van der Waals surface area contributed by atoms with Crippen LogP contribution in [0.15, 0.2) is 18.2 Å². The highest BCUT2D eigenvalue weighted by Crippen LogP contribution is 2.26. The number of aryl methyl sites for hydroxylation is 1. The first-order valence-corrected chi connectivity index (χ1v) is 6.74. The van der Waals surface area contributed by atoms with Gasteiger partial charge in [-0.1, -0.05) is 32.8 Å². The number of nitrogens with one attached hydrogen (secondary N) is 1. The number of hydrogen-bond donors (Lipinski definition) is 1. The molecule has 1 aliphatic rings. The molecule has 0 atom stereocenters. The molecule has 1 aromatic carbocycles. The zero-order chi connectivity index (χ0) is 13.5. The van der Waals surface area contributed by atoms with E-state index in [1.807, 2.05) is 13.8 Å². The van der Waals surface area contributed by atoms with Crippen molar-refractivity contribution in [3.05, 3.63) is 29.6 Å². The van der Waals surface area contributed by atoms with E-state index < -0.39 is 0 Å². The van der Waals surface area contributed by atoms with Crippen LogP contribution in [0.3, 0.4) is 0 Å². The Kier molecular flexibility index (Phi) is 5.83. The number of rotatable bonds is 2. The van der Waals surface area contributed by atoms with E-state index in [9.17, 15) is 9.18 Å². The van der Waals surface area contributed by atoms with Gasteiger partial charge in [-0.25, -0.2) is 4.39 Å². The molecule has 0 heterocycles. The summed E-state index contributed by atoms with van der Waals surface area (Å²) in [7, 11) is 0. The Balaban J connectivity index is 0.000000771. The van der Waals surface area contributed by atoms with E-state index in [4.69, 9.17) is 0 Å². The van der Waals surface area contributed by atoms with E-state index in [1.165, 1.54) is 6.07 Å². The summed E-state index contributed by atoms with van der Waals surface area (Å²) in [6.07, 6.45) is 4.17. The van der Waals surface area contributed by atoms with Crippen molar-refractivity contribution < 1.29 is 9.18 Å². The molecule has 100 valence electrons. The van der Waals surface area contributed by atoms with Gasteiger partial charge < -0.3 is 5.32 Å². The van der Waals surface area contributed by atoms with Crippen LogP contribution < -0.4 is 5.32 Å². The van der Waals surface area contributed by atoms with Crippen molar-refractivity contribution in [1.29, 1.82) is 0 Å². The summed E-state index contributed by atoms with van der Waals surface area (Å²) in [5.41, 5.74) is 1.15. The summed E-state index contributed by atoms with van der Waals surface area (Å²) in [6, 6.07) is 4.80. The molecule has 0 radical (unpaired) electrons. The minimum atomic E-state index is -0.274. The van der Waals surface area contributed by atoms with Gasteiger partial charge in [0.15, 0.2) is 0 Å². The maximum atomic E-state index is 13.3. The molecule has 0 spiro atoms. The van der Waals surface area contributed by atoms with Crippen LogP contribution in [-0.4, -0.2) is 5.91 Å². The zero-order valence-electron chi connectivity index (χ0n) is 11.4. The predicted octanol–water partition coefficient (Wildman–Crippen LogP) is 4.29. The van der Waals surface area contributed by atoms with Gasteiger partial charge in [0.05, 0.1) is 0 Å². The Morgan fingerprint density at radius 2 is 1.89 bits per heavy atom. The molecule has 1 aromatic rings. The Hall–Kier alpha value is -1.38. The molecular weight excluding hydrogens is 229 g/mol. The minimum absolute atomic E-state index is 0.0285. The first-order valence-electron chi connectivity index (χ1n) is 6.74. The second-order valence-electron chi connectivity index (χ2n) is 4.43. The largest absolute Gasteiger partial charge is 0.326 e. The van der Waals surface area contributed by atoms with Gasteiger partial charge in [-0.05, 0) is 37.5 Å². The minimum Gasteiger partial charge on any atom is -0.326 e. The lowest BCUT2D eigenvalue weighted by Gasteiger charge is -2.10. The average Bonchev–Trinajstić information content (AvgIpc) is 2.90. The van der Waals surface area contributed by atoms with Crippen molar-refractivity contribution in [2.24, 2.45) is 5.92 Å². The fourth-order valence-electron chi connectivity index (χ4n) is 2.10. The van der Waals surface area contributed by atoms with Gasteiger partial charge in [-0.15, -0.1) is 0 Å². The SMILES string of the molecule is CC.Cc1ccc(NC(=O)C2CCCC2)cc1F. The van der Waals surface area contributed by atoms with E-state index in [1.54, 1.807) is 19.1 Å². The molecule has 2 rings (SSSR count). The van der Waals surface area contributed by atoms with E-state index in [0.717, 1.165) is 25.7 Å². The summed E-state index contributed by atoms with van der Waals surface area (Å²) in [5.74, 6) is -0.130. The number of anilines is 1. The van der Waals surface area contributed by atoms with Crippen molar-refractivity contribution >= 4 is 11.6 Å². The number of benzene rings is 1. The summed E-state index contributed by atoms with van der Waals surface area (Å²) in [5, 5.41) is 2.77. The molecule has 1 fully saturated rings. The molecule has 0 bridgehead atoms. The molecule has 1 N–H and O–H groups in total. The number of hydrogen-bond acceptors (Lipinski definition) is 1. The second kappa shape index (κ2) is 7.14. The van der Waals surface area contributed by atoms with Crippen LogP contribution in [0.4, 0.5) is 10.1 Å². The fraction of sp³-hybridized carbons (Fsp3) is 0.533. The van der Waals surface area contributed by atoms with Gasteiger partial charge in [-0.3, -0.25) is 4.79 Å². The third-order valence-corrected chi connectivity index (χ3v) is 3.17. The number of carbonyl (C=O) groups is 1. The van der Waals surface area contributed by atoms with Crippen LogP contribution >= 0.6 is 0 Å². The van der Waals surface area contributed by atoms with Crippen molar-refractivity contribution in [2.45, 2.75) is 46.5 Å².